The number of aryl methyl sites for hydroxylation is 1. The summed E-state index contributed by atoms with van der Waals surface area (Å²) < 4.78 is 11.1. The molecule has 1 N–H and O–H groups in total. The molecule has 0 spiro atoms. The van der Waals surface area contributed by atoms with E-state index in [0.717, 1.165) is 35.8 Å². The van der Waals surface area contributed by atoms with Crippen molar-refractivity contribution < 1.29 is 14.3 Å². The van der Waals surface area contributed by atoms with Crippen LogP contribution in [-0.4, -0.2) is 25.7 Å². The smallest absolute Gasteiger partial charge is 0.220 e. The molecule has 0 unspecified atom stereocenters. The van der Waals surface area contributed by atoms with Crippen molar-refractivity contribution >= 4 is 17.5 Å². The lowest BCUT2D eigenvalue weighted by Crippen LogP contribution is -2.25. The van der Waals surface area contributed by atoms with E-state index in [1.54, 1.807) is 0 Å². The molecule has 0 saturated carbocycles. The van der Waals surface area contributed by atoms with Gasteiger partial charge in [-0.3, -0.25) is 4.79 Å². The molecule has 25 heavy (non-hydrogen) atoms. The van der Waals surface area contributed by atoms with E-state index < -0.39 is 0 Å². The van der Waals surface area contributed by atoms with Gasteiger partial charge in [-0.25, -0.2) is 0 Å². The lowest BCUT2D eigenvalue weighted by atomic mass is 10.1. The van der Waals surface area contributed by atoms with Crippen molar-refractivity contribution in [1.29, 1.82) is 0 Å². The summed E-state index contributed by atoms with van der Waals surface area (Å²) in [6.07, 6.45) is 2.99. The third kappa shape index (κ3) is 5.40. The molecule has 3 rings (SSSR count). The van der Waals surface area contributed by atoms with Crippen LogP contribution in [-0.2, 0) is 17.6 Å². The quantitative estimate of drug-likeness (QED) is 0.818. The van der Waals surface area contributed by atoms with Crippen molar-refractivity contribution in [2.75, 3.05) is 19.8 Å². The van der Waals surface area contributed by atoms with Crippen LogP contribution in [0, 0.1) is 0 Å². The summed E-state index contributed by atoms with van der Waals surface area (Å²) in [6, 6.07) is 13.7. The van der Waals surface area contributed by atoms with Crippen molar-refractivity contribution in [3.8, 4) is 11.5 Å². The van der Waals surface area contributed by atoms with Crippen LogP contribution in [0.25, 0.3) is 0 Å². The highest BCUT2D eigenvalue weighted by Gasteiger charge is 2.11. The number of nitrogens with one attached hydrogen (secondary N) is 1. The van der Waals surface area contributed by atoms with E-state index in [4.69, 9.17) is 21.1 Å². The molecule has 132 valence electrons. The molecule has 1 aliphatic rings. The summed E-state index contributed by atoms with van der Waals surface area (Å²) in [6.45, 7) is 1.83. The number of rotatable bonds is 7. The Morgan fingerprint density at radius 3 is 2.48 bits per heavy atom. The third-order valence-corrected chi connectivity index (χ3v) is 4.38. The normalized spacial score (nSPS) is 12.7. The number of hydrogen-bond acceptors (Lipinski definition) is 3. The second kappa shape index (κ2) is 8.77. The van der Waals surface area contributed by atoms with Gasteiger partial charge in [-0.2, -0.15) is 0 Å². The predicted octanol–water partition coefficient (Wildman–Crippen LogP) is 3.79. The largest absolute Gasteiger partial charge is 0.486 e. The molecule has 0 bridgehead atoms. The Balaban J connectivity index is 1.35. The van der Waals surface area contributed by atoms with E-state index in [0.29, 0.717) is 26.2 Å². The zero-order valence-electron chi connectivity index (χ0n) is 14.1. The van der Waals surface area contributed by atoms with Gasteiger partial charge in [0, 0.05) is 18.0 Å². The van der Waals surface area contributed by atoms with Crippen molar-refractivity contribution in [1.82, 2.24) is 5.32 Å². The molecule has 4 nitrogen and oxygen atoms in total. The first kappa shape index (κ1) is 17.6. The highest BCUT2D eigenvalue weighted by Crippen LogP contribution is 2.31. The minimum Gasteiger partial charge on any atom is -0.486 e. The molecule has 0 aliphatic carbocycles. The van der Waals surface area contributed by atoms with Gasteiger partial charge in [-0.15, -0.1) is 0 Å². The Hall–Kier alpha value is -2.20. The minimum absolute atomic E-state index is 0.0894. The van der Waals surface area contributed by atoms with Crippen molar-refractivity contribution in [2.24, 2.45) is 0 Å². The highest BCUT2D eigenvalue weighted by atomic mass is 35.5. The summed E-state index contributed by atoms with van der Waals surface area (Å²) in [5.74, 6) is 1.69. The molecule has 0 fully saturated rings. The Morgan fingerprint density at radius 2 is 1.68 bits per heavy atom. The van der Waals surface area contributed by atoms with Gasteiger partial charge < -0.3 is 14.8 Å². The van der Waals surface area contributed by atoms with Gasteiger partial charge in [0.2, 0.25) is 5.91 Å². The van der Waals surface area contributed by atoms with E-state index >= 15 is 0 Å². The molecule has 1 heterocycles. The first-order valence-electron chi connectivity index (χ1n) is 8.60. The van der Waals surface area contributed by atoms with Crippen LogP contribution in [0.15, 0.2) is 42.5 Å². The lowest BCUT2D eigenvalue weighted by molar-refractivity contribution is -0.121. The maximum Gasteiger partial charge on any atom is 0.220 e. The number of fused-ring (bicyclic) bond motifs is 1. The van der Waals surface area contributed by atoms with Crippen LogP contribution < -0.4 is 14.8 Å². The van der Waals surface area contributed by atoms with Gasteiger partial charge in [-0.1, -0.05) is 29.8 Å². The van der Waals surface area contributed by atoms with E-state index in [1.807, 2.05) is 42.5 Å². The number of halogens is 1. The van der Waals surface area contributed by atoms with Crippen molar-refractivity contribution in [2.45, 2.75) is 25.7 Å². The number of benzene rings is 2. The Labute approximate surface area is 153 Å². The molecule has 0 radical (unpaired) electrons. The van der Waals surface area contributed by atoms with Crippen LogP contribution in [0.5, 0.6) is 11.5 Å². The van der Waals surface area contributed by atoms with Crippen molar-refractivity contribution in [3.63, 3.8) is 0 Å². The molecule has 1 amide bonds. The zero-order chi connectivity index (χ0) is 17.5. The fraction of sp³-hybridized carbons (Fsp3) is 0.350. The predicted molar refractivity (Wildman–Crippen MR) is 98.5 cm³/mol. The van der Waals surface area contributed by atoms with Crippen LogP contribution in [0.4, 0.5) is 0 Å². The Bertz CT molecular complexity index is 715. The van der Waals surface area contributed by atoms with Crippen LogP contribution >= 0.6 is 11.6 Å². The molecule has 2 aromatic carbocycles. The molecule has 2 aromatic rings. The molecule has 0 saturated heterocycles. The first-order valence-corrected chi connectivity index (χ1v) is 8.98. The number of amides is 1. The van der Waals surface area contributed by atoms with Crippen molar-refractivity contribution in [3.05, 3.63) is 58.6 Å². The number of ether oxygens (including phenoxy) is 2. The Morgan fingerprint density at radius 1 is 0.960 bits per heavy atom. The maximum absolute atomic E-state index is 11.9. The van der Waals surface area contributed by atoms with E-state index in [9.17, 15) is 4.79 Å². The number of hydrogen-bond donors (Lipinski definition) is 1. The number of carbonyl (C=O) groups excluding carboxylic acids is 1. The van der Waals surface area contributed by atoms with Crippen LogP contribution in [0.1, 0.15) is 24.0 Å². The van der Waals surface area contributed by atoms with E-state index in [1.165, 1.54) is 11.1 Å². The average Bonchev–Trinajstić information content (AvgIpc) is 2.63. The molecular formula is C20H22ClNO3. The fourth-order valence-electron chi connectivity index (χ4n) is 2.78. The van der Waals surface area contributed by atoms with Gasteiger partial charge in [0.15, 0.2) is 11.5 Å². The van der Waals surface area contributed by atoms with Crippen LogP contribution in [0.3, 0.4) is 0 Å². The lowest BCUT2D eigenvalue weighted by Gasteiger charge is -2.18. The first-order chi connectivity index (χ1) is 12.2. The topological polar surface area (TPSA) is 47.6 Å². The standard InChI is InChI=1S/C20H22ClNO3/c21-17-7-4-15(5-8-17)10-11-22-20(23)3-1-2-16-6-9-18-19(14-16)25-13-12-24-18/h4-9,14H,1-3,10-13H2,(H,22,23). The average molecular weight is 360 g/mol. The summed E-state index contributed by atoms with van der Waals surface area (Å²) >= 11 is 5.86. The molecule has 5 heteroatoms. The van der Waals surface area contributed by atoms with Gasteiger partial charge >= 0.3 is 0 Å². The van der Waals surface area contributed by atoms with Gasteiger partial charge in [0.1, 0.15) is 13.2 Å². The summed E-state index contributed by atoms with van der Waals surface area (Å²) in [5, 5.41) is 3.69. The van der Waals surface area contributed by atoms with Gasteiger partial charge in [0.05, 0.1) is 0 Å². The van der Waals surface area contributed by atoms with E-state index in [2.05, 4.69) is 5.32 Å². The fourth-order valence-corrected chi connectivity index (χ4v) is 2.91. The Kier molecular flexibility index (Phi) is 6.18. The van der Waals surface area contributed by atoms with Gasteiger partial charge in [0.25, 0.3) is 0 Å². The SMILES string of the molecule is O=C(CCCc1ccc2c(c1)OCCO2)NCCc1ccc(Cl)cc1. The number of carbonyl (C=O) groups is 1. The maximum atomic E-state index is 11.9. The second-order valence-electron chi connectivity index (χ2n) is 6.06. The molecule has 0 atom stereocenters. The minimum atomic E-state index is 0.0894. The molecular weight excluding hydrogens is 338 g/mol. The highest BCUT2D eigenvalue weighted by molar-refractivity contribution is 6.30. The van der Waals surface area contributed by atoms with Crippen LogP contribution in [0.2, 0.25) is 5.02 Å². The summed E-state index contributed by atoms with van der Waals surface area (Å²) in [4.78, 5) is 11.9. The summed E-state index contributed by atoms with van der Waals surface area (Å²) in [5.41, 5.74) is 2.33. The monoisotopic (exact) mass is 359 g/mol. The molecule has 0 aromatic heterocycles. The van der Waals surface area contributed by atoms with Gasteiger partial charge in [-0.05, 0) is 54.7 Å². The molecule has 1 aliphatic heterocycles. The summed E-state index contributed by atoms with van der Waals surface area (Å²) in [7, 11) is 0. The second-order valence-corrected chi connectivity index (χ2v) is 6.49. The third-order valence-electron chi connectivity index (χ3n) is 4.12. The van der Waals surface area contributed by atoms with E-state index in [-0.39, 0.29) is 5.91 Å². The zero-order valence-corrected chi connectivity index (χ0v) is 14.8.